The van der Waals surface area contributed by atoms with Crippen molar-refractivity contribution < 1.29 is 19.1 Å². The Kier molecular flexibility index (Phi) is 7.18. The first-order valence-electron chi connectivity index (χ1n) is 10.5. The molecule has 0 heterocycles. The van der Waals surface area contributed by atoms with Gasteiger partial charge in [0.1, 0.15) is 17.1 Å². The Morgan fingerprint density at radius 2 is 1.53 bits per heavy atom. The van der Waals surface area contributed by atoms with Crippen LogP contribution in [0, 0.1) is 5.82 Å². The van der Waals surface area contributed by atoms with Crippen molar-refractivity contribution in [3.8, 4) is 5.75 Å². The standard InChI is InChI=1S/C26H33FN2O3/c1-25(2,3)18-13-19(26(4,5)6)22(30)14-21(18)28-24(32)17(15-29(7)8)23(31)16-11-9-10-12-20(16)27/h9-15,30H,1-8H3,(H,28,32)/b17-15-. The van der Waals surface area contributed by atoms with Crippen molar-refractivity contribution >= 4 is 17.4 Å². The van der Waals surface area contributed by atoms with Crippen molar-refractivity contribution in [1.82, 2.24) is 4.90 Å². The third-order valence-electron chi connectivity index (χ3n) is 5.00. The van der Waals surface area contributed by atoms with Gasteiger partial charge in [-0.1, -0.05) is 53.7 Å². The number of carbonyl (C=O) groups excluding carboxylic acids is 2. The van der Waals surface area contributed by atoms with Crippen LogP contribution in [0.1, 0.15) is 63.0 Å². The summed E-state index contributed by atoms with van der Waals surface area (Å²) in [4.78, 5) is 27.8. The van der Waals surface area contributed by atoms with Gasteiger partial charge >= 0.3 is 0 Å². The highest BCUT2D eigenvalue weighted by molar-refractivity contribution is 6.28. The van der Waals surface area contributed by atoms with E-state index >= 15 is 0 Å². The van der Waals surface area contributed by atoms with Crippen LogP contribution in [-0.4, -0.2) is 35.8 Å². The molecule has 32 heavy (non-hydrogen) atoms. The number of Topliss-reactive ketones (excluding diaryl/α,β-unsaturated/α-hetero) is 1. The van der Waals surface area contributed by atoms with Crippen molar-refractivity contribution in [2.45, 2.75) is 52.4 Å². The van der Waals surface area contributed by atoms with E-state index in [0.29, 0.717) is 5.69 Å². The molecule has 0 spiro atoms. The number of nitrogens with one attached hydrogen (secondary N) is 1. The number of phenolic OH excluding ortho intramolecular Hbond substituents is 1. The first kappa shape index (κ1) is 25.1. The molecule has 0 bridgehead atoms. The average molecular weight is 441 g/mol. The number of ketones is 1. The van der Waals surface area contributed by atoms with E-state index in [9.17, 15) is 19.1 Å². The van der Waals surface area contributed by atoms with Gasteiger partial charge in [-0.3, -0.25) is 9.59 Å². The quantitative estimate of drug-likeness (QED) is 0.283. The summed E-state index contributed by atoms with van der Waals surface area (Å²) in [6.07, 6.45) is 1.37. The first-order valence-corrected chi connectivity index (χ1v) is 10.5. The molecule has 2 aromatic carbocycles. The van der Waals surface area contributed by atoms with Crippen LogP contribution in [-0.2, 0) is 15.6 Å². The third-order valence-corrected chi connectivity index (χ3v) is 5.00. The minimum atomic E-state index is -0.720. The van der Waals surface area contributed by atoms with Crippen LogP contribution in [0.25, 0.3) is 0 Å². The number of carbonyl (C=O) groups is 2. The Hall–Kier alpha value is -3.15. The van der Waals surface area contributed by atoms with E-state index in [1.165, 1.54) is 30.5 Å². The van der Waals surface area contributed by atoms with Gasteiger partial charge in [-0.05, 0) is 40.2 Å². The van der Waals surface area contributed by atoms with Gasteiger partial charge in [-0.25, -0.2) is 4.39 Å². The number of halogens is 1. The van der Waals surface area contributed by atoms with Crippen molar-refractivity contribution in [3.05, 3.63) is 70.7 Å². The van der Waals surface area contributed by atoms with Crippen LogP contribution >= 0.6 is 0 Å². The smallest absolute Gasteiger partial charge is 0.261 e. The molecule has 0 atom stereocenters. The molecule has 172 valence electrons. The molecule has 0 saturated heterocycles. The molecular weight excluding hydrogens is 407 g/mol. The fraction of sp³-hybridized carbons (Fsp3) is 0.385. The SMILES string of the molecule is CN(C)/C=C(\C(=O)Nc1cc(O)c(C(C)(C)C)cc1C(C)(C)C)C(=O)c1ccccc1F. The lowest BCUT2D eigenvalue weighted by atomic mass is 9.79. The number of benzene rings is 2. The molecule has 2 N–H and O–H groups in total. The monoisotopic (exact) mass is 440 g/mol. The summed E-state index contributed by atoms with van der Waals surface area (Å²) in [6, 6.07) is 8.95. The zero-order valence-corrected chi connectivity index (χ0v) is 20.1. The topological polar surface area (TPSA) is 69.6 Å². The summed E-state index contributed by atoms with van der Waals surface area (Å²) in [5.74, 6) is -2.04. The van der Waals surface area contributed by atoms with Crippen molar-refractivity contribution in [1.29, 1.82) is 0 Å². The molecule has 0 aliphatic heterocycles. The fourth-order valence-electron chi connectivity index (χ4n) is 3.37. The molecule has 0 aromatic heterocycles. The van der Waals surface area contributed by atoms with Crippen molar-refractivity contribution in [2.24, 2.45) is 0 Å². The van der Waals surface area contributed by atoms with Gasteiger partial charge in [0, 0.05) is 32.0 Å². The highest BCUT2D eigenvalue weighted by Crippen LogP contribution is 2.39. The number of hydrogen-bond acceptors (Lipinski definition) is 4. The number of amides is 1. The summed E-state index contributed by atoms with van der Waals surface area (Å²) in [6.45, 7) is 12.0. The largest absolute Gasteiger partial charge is 0.508 e. The molecule has 0 radical (unpaired) electrons. The number of phenols is 1. The minimum Gasteiger partial charge on any atom is -0.508 e. The fourth-order valence-corrected chi connectivity index (χ4v) is 3.37. The maximum atomic E-state index is 14.2. The summed E-state index contributed by atoms with van der Waals surface area (Å²) < 4.78 is 14.2. The zero-order chi connectivity index (χ0) is 24.4. The lowest BCUT2D eigenvalue weighted by Gasteiger charge is -2.28. The number of nitrogens with zero attached hydrogens (tertiary/aromatic N) is 1. The van der Waals surface area contributed by atoms with Crippen molar-refractivity contribution in [3.63, 3.8) is 0 Å². The molecule has 0 unspecified atom stereocenters. The predicted octanol–water partition coefficient (Wildman–Crippen LogP) is 5.39. The molecule has 6 heteroatoms. The second kappa shape index (κ2) is 9.15. The average Bonchev–Trinajstić information content (AvgIpc) is 2.63. The number of hydrogen-bond donors (Lipinski definition) is 2. The molecule has 5 nitrogen and oxygen atoms in total. The summed E-state index contributed by atoms with van der Waals surface area (Å²) in [7, 11) is 3.35. The van der Waals surface area contributed by atoms with Crippen LogP contribution in [0.2, 0.25) is 0 Å². The highest BCUT2D eigenvalue weighted by Gasteiger charge is 2.28. The number of aromatic hydroxyl groups is 1. The lowest BCUT2D eigenvalue weighted by Crippen LogP contribution is -2.26. The Morgan fingerprint density at radius 1 is 0.969 bits per heavy atom. The van der Waals surface area contributed by atoms with E-state index in [4.69, 9.17) is 0 Å². The van der Waals surface area contributed by atoms with Gasteiger partial charge in [0.05, 0.1) is 5.56 Å². The van der Waals surface area contributed by atoms with E-state index < -0.39 is 17.5 Å². The van der Waals surface area contributed by atoms with Gasteiger partial charge < -0.3 is 15.3 Å². The Morgan fingerprint density at radius 3 is 2.03 bits per heavy atom. The normalized spacial score (nSPS) is 12.5. The summed E-state index contributed by atoms with van der Waals surface area (Å²) in [5, 5.41) is 13.4. The van der Waals surface area contributed by atoms with E-state index in [0.717, 1.165) is 11.1 Å². The van der Waals surface area contributed by atoms with Crippen LogP contribution in [0.3, 0.4) is 0 Å². The van der Waals surface area contributed by atoms with E-state index in [-0.39, 0.29) is 27.7 Å². The third kappa shape index (κ3) is 5.75. The molecular formula is C26H33FN2O3. The number of anilines is 1. The Bertz CT molecular complexity index is 1060. The Labute approximate surface area is 190 Å². The van der Waals surface area contributed by atoms with Gasteiger partial charge in [0.15, 0.2) is 0 Å². The molecule has 1 amide bonds. The van der Waals surface area contributed by atoms with Gasteiger partial charge in [0.2, 0.25) is 5.78 Å². The van der Waals surface area contributed by atoms with E-state index in [1.807, 2.05) is 47.6 Å². The molecule has 0 saturated carbocycles. The molecule has 2 aromatic rings. The summed E-state index contributed by atoms with van der Waals surface area (Å²) >= 11 is 0. The second-order valence-corrected chi connectivity index (χ2v) is 10.2. The lowest BCUT2D eigenvalue weighted by molar-refractivity contribution is -0.112. The predicted molar refractivity (Wildman–Crippen MR) is 127 cm³/mol. The maximum Gasteiger partial charge on any atom is 0.261 e. The van der Waals surface area contributed by atoms with Crippen molar-refractivity contribution in [2.75, 3.05) is 19.4 Å². The number of rotatable bonds is 5. The molecule has 0 aliphatic carbocycles. The Balaban J connectivity index is 2.56. The minimum absolute atomic E-state index is 0.0550. The highest BCUT2D eigenvalue weighted by atomic mass is 19.1. The van der Waals surface area contributed by atoms with E-state index in [2.05, 4.69) is 5.32 Å². The van der Waals surface area contributed by atoms with Crippen LogP contribution < -0.4 is 5.32 Å². The van der Waals surface area contributed by atoms with Gasteiger partial charge in [0.25, 0.3) is 5.91 Å². The molecule has 0 aliphatic rings. The van der Waals surface area contributed by atoms with Gasteiger partial charge in [-0.15, -0.1) is 0 Å². The molecule has 2 rings (SSSR count). The van der Waals surface area contributed by atoms with E-state index in [1.54, 1.807) is 25.1 Å². The van der Waals surface area contributed by atoms with Gasteiger partial charge in [-0.2, -0.15) is 0 Å². The first-order chi connectivity index (χ1) is 14.6. The second-order valence-electron chi connectivity index (χ2n) is 10.2. The molecule has 0 fully saturated rings. The zero-order valence-electron chi connectivity index (χ0n) is 20.1. The summed E-state index contributed by atoms with van der Waals surface area (Å²) in [5.41, 5.74) is 0.930. The van der Waals surface area contributed by atoms with Crippen LogP contribution in [0.4, 0.5) is 10.1 Å². The van der Waals surface area contributed by atoms with Crippen LogP contribution in [0.15, 0.2) is 48.2 Å². The van der Waals surface area contributed by atoms with Crippen LogP contribution in [0.5, 0.6) is 5.75 Å². The maximum absolute atomic E-state index is 14.2.